The lowest BCUT2D eigenvalue weighted by Crippen LogP contribution is -2.72. The summed E-state index contributed by atoms with van der Waals surface area (Å²) in [4.78, 5) is 44.2. The number of ketones is 2. The van der Waals surface area contributed by atoms with E-state index >= 15 is 0 Å². The van der Waals surface area contributed by atoms with Crippen LogP contribution in [-0.4, -0.2) is 84.2 Å². The minimum Gasteiger partial charge on any atom is -0.507 e. The third-order valence-corrected chi connectivity index (χ3v) is 9.57. The molecule has 4 heterocycles. The van der Waals surface area contributed by atoms with Gasteiger partial charge in [0.1, 0.15) is 18.4 Å². The van der Waals surface area contributed by atoms with Crippen LogP contribution in [0.1, 0.15) is 49.9 Å². The number of hydrogen-bond donors (Lipinski definition) is 1. The molecule has 6 rings (SSSR count). The van der Waals surface area contributed by atoms with E-state index in [1.165, 1.54) is 7.11 Å². The van der Waals surface area contributed by atoms with Crippen molar-refractivity contribution in [3.05, 3.63) is 50.8 Å². The number of nitriles is 1. The number of phenols is 1. The molecule has 1 N–H and O–H groups in total. The van der Waals surface area contributed by atoms with Crippen LogP contribution in [0.4, 0.5) is 0 Å². The van der Waals surface area contributed by atoms with E-state index in [-0.39, 0.29) is 54.9 Å². The highest BCUT2D eigenvalue weighted by molar-refractivity contribution is 6.25. The zero-order valence-electron chi connectivity index (χ0n) is 24.4. The minimum absolute atomic E-state index is 0.0186. The first kappa shape index (κ1) is 28.0. The van der Waals surface area contributed by atoms with Gasteiger partial charge in [-0.05, 0) is 47.6 Å². The number of ether oxygens (including phenoxy) is 4. The average molecular weight is 576 g/mol. The molecule has 4 aliphatic heterocycles. The maximum atomic E-state index is 13.9. The number of rotatable bonds is 4. The maximum Gasteiger partial charge on any atom is 0.333 e. The van der Waals surface area contributed by atoms with E-state index in [0.717, 1.165) is 0 Å². The first-order valence-electron chi connectivity index (χ1n) is 14.0. The van der Waals surface area contributed by atoms with Gasteiger partial charge in [-0.2, -0.15) is 5.26 Å². The smallest absolute Gasteiger partial charge is 0.333 e. The predicted octanol–water partition coefficient (Wildman–Crippen LogP) is 2.55. The van der Waals surface area contributed by atoms with Gasteiger partial charge < -0.3 is 24.1 Å². The standard InChI is InChI=1S/C31H33N3O8/c1-7-13(2)31(38)40-11-21-22-16(26(36)15(4)29-30(22)42-12-41-29)9-19-24-23-17(25(35)14(3)28(39-6)27(23)37)8-18(33(24)5)20(10-32)34(19)21/h7,18-21,24,36H,8-9,11-12H2,1-6H3/b13-7+/t18-,19-,20-,21-,24+/m0/s1. The molecular formula is C31H33N3O8. The normalized spacial score (nSPS) is 28.7. The molecule has 0 aromatic heterocycles. The molecule has 5 atom stereocenters. The number of fused-ring (bicyclic) bond motifs is 8. The average Bonchev–Trinajstić information content (AvgIpc) is 3.47. The van der Waals surface area contributed by atoms with Crippen LogP contribution in [0.3, 0.4) is 0 Å². The van der Waals surface area contributed by atoms with Crippen molar-refractivity contribution in [1.82, 2.24) is 9.80 Å². The van der Waals surface area contributed by atoms with E-state index in [1.807, 2.05) is 16.8 Å². The molecule has 0 unspecified atom stereocenters. The van der Waals surface area contributed by atoms with E-state index in [4.69, 9.17) is 18.9 Å². The molecule has 1 aromatic carbocycles. The van der Waals surface area contributed by atoms with Gasteiger partial charge in [0.15, 0.2) is 23.0 Å². The van der Waals surface area contributed by atoms with Crippen molar-refractivity contribution in [2.45, 2.75) is 70.7 Å². The van der Waals surface area contributed by atoms with Crippen molar-refractivity contribution in [1.29, 1.82) is 5.26 Å². The number of methoxy groups -OCH3 is 1. The summed E-state index contributed by atoms with van der Waals surface area (Å²) < 4.78 is 22.8. The monoisotopic (exact) mass is 575 g/mol. The number of allylic oxidation sites excluding steroid dienone is 3. The van der Waals surface area contributed by atoms with Crippen LogP contribution < -0.4 is 9.47 Å². The first-order valence-corrected chi connectivity index (χ1v) is 14.0. The number of aromatic hydroxyl groups is 1. The lowest BCUT2D eigenvalue weighted by Gasteiger charge is -2.60. The highest BCUT2D eigenvalue weighted by Crippen LogP contribution is 2.56. The summed E-state index contributed by atoms with van der Waals surface area (Å²) >= 11 is 0. The lowest BCUT2D eigenvalue weighted by atomic mass is 9.69. The van der Waals surface area contributed by atoms with Gasteiger partial charge in [-0.15, -0.1) is 0 Å². The van der Waals surface area contributed by atoms with Crippen LogP contribution in [-0.2, 0) is 30.3 Å². The number of benzene rings is 1. The van der Waals surface area contributed by atoms with Crippen molar-refractivity contribution in [2.24, 2.45) is 0 Å². The van der Waals surface area contributed by atoms with Crippen LogP contribution in [0.25, 0.3) is 0 Å². The molecule has 1 aliphatic carbocycles. The zero-order valence-corrected chi connectivity index (χ0v) is 24.4. The first-order chi connectivity index (χ1) is 20.1. The number of carbonyl (C=O) groups is 3. The molecule has 0 saturated carbocycles. The molecule has 0 amide bonds. The number of piperazine rings is 1. The Bertz CT molecular complexity index is 1580. The SMILES string of the molecule is C/C=C(\C)C(=O)OC[C@H]1c2c(c(O)c(C)c3c2OCO3)C[C@H]2[C@@H]3C4=C(C[C@@H]([C@H](C#N)N12)N3C)C(=O)C(C)=C(OC)C4=O. The number of likely N-dealkylation sites (N-methyl/N-ethyl adjacent to an activating group) is 1. The van der Waals surface area contributed by atoms with Gasteiger partial charge in [0.05, 0.1) is 25.3 Å². The molecule has 1 saturated heterocycles. The van der Waals surface area contributed by atoms with Crippen molar-refractivity contribution in [2.75, 3.05) is 27.6 Å². The summed E-state index contributed by atoms with van der Waals surface area (Å²) in [7, 11) is 3.24. The molecule has 11 nitrogen and oxygen atoms in total. The van der Waals surface area contributed by atoms with Crippen molar-refractivity contribution in [3.8, 4) is 23.3 Å². The van der Waals surface area contributed by atoms with E-state index in [2.05, 4.69) is 6.07 Å². The fourth-order valence-corrected chi connectivity index (χ4v) is 7.40. The number of Topliss-reactive ketones (excluding diaryl/α,β-unsaturated/α-hetero) is 2. The van der Waals surface area contributed by atoms with Crippen LogP contribution in [0.15, 0.2) is 34.1 Å². The van der Waals surface area contributed by atoms with E-state index in [0.29, 0.717) is 44.9 Å². The zero-order chi connectivity index (χ0) is 30.2. The third kappa shape index (κ3) is 3.68. The van der Waals surface area contributed by atoms with Crippen molar-refractivity contribution < 1.29 is 38.4 Å². The highest BCUT2D eigenvalue weighted by Gasteiger charge is 2.59. The van der Waals surface area contributed by atoms with Gasteiger partial charge in [0.25, 0.3) is 0 Å². The number of hydrogen-bond acceptors (Lipinski definition) is 11. The highest BCUT2D eigenvalue weighted by atomic mass is 16.7. The molecule has 1 fully saturated rings. The fourth-order valence-electron chi connectivity index (χ4n) is 7.40. The summed E-state index contributed by atoms with van der Waals surface area (Å²) in [6, 6.07) is -0.520. The fraction of sp³-hybridized carbons (Fsp3) is 0.484. The predicted molar refractivity (Wildman–Crippen MR) is 148 cm³/mol. The lowest BCUT2D eigenvalue weighted by molar-refractivity contribution is -0.144. The van der Waals surface area contributed by atoms with E-state index < -0.39 is 36.2 Å². The summed E-state index contributed by atoms with van der Waals surface area (Å²) in [5, 5.41) is 22.1. The van der Waals surface area contributed by atoms with Gasteiger partial charge in [-0.25, -0.2) is 4.79 Å². The van der Waals surface area contributed by atoms with Gasteiger partial charge in [-0.1, -0.05) is 6.08 Å². The summed E-state index contributed by atoms with van der Waals surface area (Å²) in [6.45, 7) is 6.56. The second-order valence-corrected chi connectivity index (χ2v) is 11.4. The Hall–Kier alpha value is -4.14. The summed E-state index contributed by atoms with van der Waals surface area (Å²) in [5.74, 6) is -0.191. The Morgan fingerprint density at radius 2 is 1.88 bits per heavy atom. The topological polar surface area (TPSA) is 139 Å². The summed E-state index contributed by atoms with van der Waals surface area (Å²) in [6.07, 6.45) is 2.11. The number of nitrogens with zero attached hydrogens (tertiary/aromatic N) is 3. The second-order valence-electron chi connectivity index (χ2n) is 11.4. The minimum atomic E-state index is -0.734. The molecule has 5 aliphatic rings. The third-order valence-electron chi connectivity index (χ3n) is 9.57. The molecule has 1 aromatic rings. The van der Waals surface area contributed by atoms with Gasteiger partial charge >= 0.3 is 5.97 Å². The molecular weight excluding hydrogens is 542 g/mol. The Morgan fingerprint density at radius 3 is 2.55 bits per heavy atom. The Morgan fingerprint density at radius 1 is 1.17 bits per heavy atom. The van der Waals surface area contributed by atoms with E-state index in [1.54, 1.807) is 33.8 Å². The number of esters is 1. The largest absolute Gasteiger partial charge is 0.507 e. The second kappa shape index (κ2) is 10.00. The quantitative estimate of drug-likeness (QED) is 0.322. The maximum absolute atomic E-state index is 13.9. The number of carbonyl (C=O) groups excluding carboxylic acids is 3. The number of phenolic OH excluding ortho intramolecular Hbond substituents is 1. The molecule has 42 heavy (non-hydrogen) atoms. The van der Waals surface area contributed by atoms with Gasteiger partial charge in [-0.3, -0.25) is 19.4 Å². The molecule has 220 valence electrons. The van der Waals surface area contributed by atoms with Crippen LogP contribution >= 0.6 is 0 Å². The Balaban J connectivity index is 1.56. The van der Waals surface area contributed by atoms with Gasteiger partial charge in [0.2, 0.25) is 12.6 Å². The van der Waals surface area contributed by atoms with Crippen LogP contribution in [0, 0.1) is 18.3 Å². The van der Waals surface area contributed by atoms with Crippen molar-refractivity contribution in [3.63, 3.8) is 0 Å². The van der Waals surface area contributed by atoms with Crippen LogP contribution in [0.5, 0.6) is 17.2 Å². The van der Waals surface area contributed by atoms with Crippen molar-refractivity contribution >= 4 is 17.5 Å². The molecule has 11 heteroatoms. The molecule has 2 bridgehead atoms. The molecule has 0 radical (unpaired) electrons. The van der Waals surface area contributed by atoms with Crippen LogP contribution in [0.2, 0.25) is 0 Å². The van der Waals surface area contributed by atoms with Gasteiger partial charge in [0, 0.05) is 51.1 Å². The summed E-state index contributed by atoms with van der Waals surface area (Å²) in [5.41, 5.74) is 3.15. The van der Waals surface area contributed by atoms with E-state index in [9.17, 15) is 24.8 Å². The molecule has 0 spiro atoms. The Kier molecular flexibility index (Phi) is 6.66. The Labute approximate surface area is 243 Å².